The van der Waals surface area contributed by atoms with Crippen LogP contribution in [0.3, 0.4) is 0 Å². The van der Waals surface area contributed by atoms with Crippen LogP contribution in [0.2, 0.25) is 0 Å². The minimum absolute atomic E-state index is 0.0840. The summed E-state index contributed by atoms with van der Waals surface area (Å²) >= 11 is 0. The summed E-state index contributed by atoms with van der Waals surface area (Å²) in [5.41, 5.74) is -0.443. The van der Waals surface area contributed by atoms with Gasteiger partial charge in [-0.05, 0) is 29.1 Å². The van der Waals surface area contributed by atoms with E-state index >= 15 is 0 Å². The normalized spacial score (nSPS) is 10.4. The summed E-state index contributed by atoms with van der Waals surface area (Å²) in [5.74, 6) is -3.90. The molecule has 0 aliphatic carbocycles. The predicted molar refractivity (Wildman–Crippen MR) is 72.2 cm³/mol. The fourth-order valence-electron chi connectivity index (χ4n) is 1.95. The maximum atomic E-state index is 14.0. The van der Waals surface area contributed by atoms with E-state index in [0.717, 1.165) is 18.2 Å². The molecule has 7 heteroatoms. The summed E-state index contributed by atoms with van der Waals surface area (Å²) in [6.07, 6.45) is 0. The van der Waals surface area contributed by atoms with Gasteiger partial charge in [0, 0.05) is 6.07 Å². The molecule has 0 atom stereocenters. The minimum atomic E-state index is -0.916. The van der Waals surface area contributed by atoms with Crippen molar-refractivity contribution in [2.45, 2.75) is 0 Å². The lowest BCUT2D eigenvalue weighted by Crippen LogP contribution is -2.34. The van der Waals surface area contributed by atoms with Crippen LogP contribution in [0.25, 0.3) is 0 Å². The van der Waals surface area contributed by atoms with Crippen molar-refractivity contribution in [2.24, 2.45) is 0 Å². The SMILES string of the molecule is COc1cc(Bc2c(F)ccc(OC)c2F)c(F)cc1F. The molecule has 0 spiro atoms. The largest absolute Gasteiger partial charge is 0.494 e. The van der Waals surface area contributed by atoms with E-state index in [9.17, 15) is 17.6 Å². The van der Waals surface area contributed by atoms with Gasteiger partial charge < -0.3 is 9.47 Å². The maximum Gasteiger partial charge on any atom is 0.204 e. The summed E-state index contributed by atoms with van der Waals surface area (Å²) in [7, 11) is 2.06. The van der Waals surface area contributed by atoms with E-state index in [4.69, 9.17) is 9.47 Å². The Balaban J connectivity index is 2.48. The Hall–Kier alpha value is -2.18. The molecule has 0 aliphatic heterocycles. The predicted octanol–water partition coefficient (Wildman–Crippen LogP) is 1.65. The first-order valence-electron chi connectivity index (χ1n) is 6.00. The highest BCUT2D eigenvalue weighted by Gasteiger charge is 2.19. The second kappa shape index (κ2) is 6.07. The van der Waals surface area contributed by atoms with E-state index in [1.165, 1.54) is 14.2 Å². The van der Waals surface area contributed by atoms with Crippen molar-refractivity contribution in [1.29, 1.82) is 0 Å². The van der Waals surface area contributed by atoms with E-state index in [0.29, 0.717) is 6.07 Å². The van der Waals surface area contributed by atoms with Gasteiger partial charge in [-0.3, -0.25) is 0 Å². The van der Waals surface area contributed by atoms with Gasteiger partial charge in [0.15, 0.2) is 23.1 Å². The minimum Gasteiger partial charge on any atom is -0.494 e. The second-order valence-electron chi connectivity index (χ2n) is 4.30. The second-order valence-corrected chi connectivity index (χ2v) is 4.30. The quantitative estimate of drug-likeness (QED) is 0.631. The van der Waals surface area contributed by atoms with Crippen LogP contribution in [0, 0.1) is 23.3 Å². The highest BCUT2D eigenvalue weighted by atomic mass is 19.1. The first-order valence-corrected chi connectivity index (χ1v) is 6.00. The van der Waals surface area contributed by atoms with E-state index < -0.39 is 30.5 Å². The molecule has 0 N–H and O–H groups in total. The third kappa shape index (κ3) is 2.96. The third-order valence-corrected chi connectivity index (χ3v) is 3.06. The van der Waals surface area contributed by atoms with Crippen LogP contribution in [0.5, 0.6) is 11.5 Å². The molecule has 21 heavy (non-hydrogen) atoms. The fourth-order valence-corrected chi connectivity index (χ4v) is 1.95. The molecule has 110 valence electrons. The lowest BCUT2D eigenvalue weighted by Gasteiger charge is -2.10. The van der Waals surface area contributed by atoms with E-state index in [2.05, 4.69) is 0 Å². The van der Waals surface area contributed by atoms with Crippen LogP contribution in [0.15, 0.2) is 24.3 Å². The molecule has 2 aromatic carbocycles. The number of rotatable bonds is 4. The molecule has 2 aromatic rings. The molecule has 0 fully saturated rings. The zero-order valence-corrected chi connectivity index (χ0v) is 11.3. The van der Waals surface area contributed by atoms with Crippen molar-refractivity contribution in [3.8, 4) is 11.5 Å². The Labute approximate surface area is 119 Å². The van der Waals surface area contributed by atoms with Crippen molar-refractivity contribution in [1.82, 2.24) is 0 Å². The summed E-state index contributed by atoms with van der Waals surface area (Å²) in [5, 5.41) is 0. The number of benzene rings is 2. The van der Waals surface area contributed by atoms with Crippen molar-refractivity contribution in [2.75, 3.05) is 14.2 Å². The van der Waals surface area contributed by atoms with E-state index in [1.54, 1.807) is 0 Å². The van der Waals surface area contributed by atoms with Crippen molar-refractivity contribution in [3.63, 3.8) is 0 Å². The standard InChI is InChI=1S/C14H11BF4O2/c1-20-11-4-3-8(16)13(14(11)19)15-7-5-12(21-2)10(18)6-9(7)17/h3-6,15H,1-2H3. The van der Waals surface area contributed by atoms with Crippen LogP contribution in [0.4, 0.5) is 17.6 Å². The highest BCUT2D eigenvalue weighted by Crippen LogP contribution is 2.17. The van der Waals surface area contributed by atoms with Crippen molar-refractivity contribution in [3.05, 3.63) is 47.5 Å². The average molecular weight is 298 g/mol. The van der Waals surface area contributed by atoms with Gasteiger partial charge in [0.05, 0.1) is 14.2 Å². The molecular weight excluding hydrogens is 287 g/mol. The number of methoxy groups -OCH3 is 2. The summed E-state index contributed by atoms with van der Waals surface area (Å²) < 4.78 is 64.3. The smallest absolute Gasteiger partial charge is 0.204 e. The lowest BCUT2D eigenvalue weighted by atomic mass is 9.63. The zero-order valence-electron chi connectivity index (χ0n) is 11.3. The number of hydrogen-bond donors (Lipinski definition) is 0. The molecule has 2 rings (SSSR count). The van der Waals surface area contributed by atoms with Gasteiger partial charge in [-0.2, -0.15) is 0 Å². The molecule has 0 bridgehead atoms. The third-order valence-electron chi connectivity index (χ3n) is 3.06. The van der Waals surface area contributed by atoms with Crippen molar-refractivity contribution >= 4 is 18.2 Å². The lowest BCUT2D eigenvalue weighted by molar-refractivity contribution is 0.384. The summed E-state index contributed by atoms with van der Waals surface area (Å²) in [6, 6.07) is 3.85. The Bertz CT molecular complexity index is 677. The van der Waals surface area contributed by atoms with Gasteiger partial charge in [-0.15, -0.1) is 0 Å². The molecule has 0 unspecified atom stereocenters. The average Bonchev–Trinajstić information content (AvgIpc) is 2.45. The van der Waals surface area contributed by atoms with Gasteiger partial charge in [-0.1, -0.05) is 0 Å². The van der Waals surface area contributed by atoms with E-state index in [1.807, 2.05) is 0 Å². The van der Waals surface area contributed by atoms with Gasteiger partial charge in [0.25, 0.3) is 0 Å². The van der Waals surface area contributed by atoms with Crippen LogP contribution >= 0.6 is 0 Å². The number of ether oxygens (including phenoxy) is 2. The highest BCUT2D eigenvalue weighted by molar-refractivity contribution is 6.67. The Morgan fingerprint density at radius 3 is 2.10 bits per heavy atom. The summed E-state index contributed by atoms with van der Waals surface area (Å²) in [4.78, 5) is 0. The molecular formula is C14H11BF4O2. The van der Waals surface area contributed by atoms with E-state index in [-0.39, 0.29) is 22.4 Å². The Morgan fingerprint density at radius 2 is 1.48 bits per heavy atom. The zero-order chi connectivity index (χ0) is 15.6. The molecule has 0 radical (unpaired) electrons. The molecule has 2 nitrogen and oxygen atoms in total. The topological polar surface area (TPSA) is 18.5 Å². The van der Waals surface area contributed by atoms with Crippen LogP contribution in [-0.4, -0.2) is 21.5 Å². The molecule has 0 aromatic heterocycles. The molecule has 0 saturated carbocycles. The van der Waals surface area contributed by atoms with Crippen LogP contribution in [-0.2, 0) is 0 Å². The van der Waals surface area contributed by atoms with Crippen LogP contribution in [0.1, 0.15) is 0 Å². The fraction of sp³-hybridized carbons (Fsp3) is 0.143. The Morgan fingerprint density at radius 1 is 0.810 bits per heavy atom. The van der Waals surface area contributed by atoms with Gasteiger partial charge in [0.1, 0.15) is 11.6 Å². The number of hydrogen-bond acceptors (Lipinski definition) is 2. The van der Waals surface area contributed by atoms with Gasteiger partial charge in [-0.25, -0.2) is 17.6 Å². The maximum absolute atomic E-state index is 14.0. The van der Waals surface area contributed by atoms with Gasteiger partial charge in [0.2, 0.25) is 7.28 Å². The first kappa shape index (κ1) is 15.2. The molecule has 0 saturated heterocycles. The Kier molecular flexibility index (Phi) is 4.40. The number of halogens is 4. The van der Waals surface area contributed by atoms with Crippen molar-refractivity contribution < 1.29 is 27.0 Å². The van der Waals surface area contributed by atoms with Crippen LogP contribution < -0.4 is 20.4 Å². The molecule has 0 heterocycles. The molecule has 0 amide bonds. The first-order chi connectivity index (χ1) is 9.97. The summed E-state index contributed by atoms with van der Waals surface area (Å²) in [6.45, 7) is 0. The molecule has 0 aliphatic rings. The van der Waals surface area contributed by atoms with Gasteiger partial charge >= 0.3 is 0 Å². The monoisotopic (exact) mass is 298 g/mol.